The van der Waals surface area contributed by atoms with Crippen LogP contribution in [-0.4, -0.2) is 55.6 Å². The van der Waals surface area contributed by atoms with Gasteiger partial charge in [-0.1, -0.05) is 98.0 Å². The summed E-state index contributed by atoms with van der Waals surface area (Å²) in [6, 6.07) is 20.0. The van der Waals surface area contributed by atoms with Crippen LogP contribution in [0.4, 0.5) is 0 Å². The minimum Gasteiger partial charge on any atom is -0.384 e. The van der Waals surface area contributed by atoms with Gasteiger partial charge >= 0.3 is 0 Å². The Morgan fingerprint density at radius 3 is 2.46 bits per heavy atom. The van der Waals surface area contributed by atoms with E-state index in [1.807, 2.05) is 0 Å². The number of benzene rings is 2. The van der Waals surface area contributed by atoms with Crippen molar-refractivity contribution in [3.63, 3.8) is 0 Å². The molecule has 2 fully saturated rings. The molecule has 2 aromatic rings. The molecule has 0 aromatic heterocycles. The van der Waals surface area contributed by atoms with Crippen molar-refractivity contribution in [2.45, 2.75) is 50.9 Å². The lowest BCUT2D eigenvalue weighted by Crippen LogP contribution is -2.37. The molecule has 3 heteroatoms. The third-order valence-corrected chi connectivity index (χ3v) is 8.84. The number of hydrogen-bond acceptors (Lipinski definition) is 3. The van der Waals surface area contributed by atoms with Crippen LogP contribution in [0.25, 0.3) is 5.70 Å². The lowest BCUT2D eigenvalue weighted by Gasteiger charge is -2.35. The molecule has 1 N–H and O–H groups in total. The second-order valence-corrected chi connectivity index (χ2v) is 11.6. The highest BCUT2D eigenvalue weighted by Crippen LogP contribution is 2.31. The average Bonchev–Trinajstić information content (AvgIpc) is 3.28. The van der Waals surface area contributed by atoms with E-state index >= 15 is 0 Å². The molecule has 0 saturated carbocycles. The highest BCUT2D eigenvalue weighted by atomic mass is 15.1. The molecule has 2 aliphatic heterocycles. The summed E-state index contributed by atoms with van der Waals surface area (Å²) in [5, 5.41) is 3.64. The molecule has 0 radical (unpaired) electrons. The third kappa shape index (κ3) is 8.06. The van der Waals surface area contributed by atoms with Crippen molar-refractivity contribution in [2.24, 2.45) is 5.92 Å². The fourth-order valence-corrected chi connectivity index (χ4v) is 6.52. The summed E-state index contributed by atoms with van der Waals surface area (Å²) < 4.78 is 0. The van der Waals surface area contributed by atoms with Crippen LogP contribution in [0.15, 0.2) is 97.1 Å². The Hall–Kier alpha value is -2.88. The van der Waals surface area contributed by atoms with Crippen LogP contribution in [0.2, 0.25) is 0 Å². The Labute approximate surface area is 237 Å². The van der Waals surface area contributed by atoms with E-state index in [1.54, 1.807) is 0 Å². The molecule has 0 amide bonds. The van der Waals surface area contributed by atoms with Crippen molar-refractivity contribution < 1.29 is 0 Å². The van der Waals surface area contributed by atoms with E-state index in [0.717, 1.165) is 44.1 Å². The Morgan fingerprint density at radius 1 is 0.872 bits per heavy atom. The molecule has 3 nitrogen and oxygen atoms in total. The van der Waals surface area contributed by atoms with Crippen molar-refractivity contribution in [3.05, 3.63) is 114 Å². The summed E-state index contributed by atoms with van der Waals surface area (Å²) in [6.07, 6.45) is 20.1. The number of allylic oxidation sites excluding steroid dienone is 5. The first-order valence-electron chi connectivity index (χ1n) is 15.3. The minimum absolute atomic E-state index is 0.430. The normalized spacial score (nSPS) is 19.8. The second-order valence-electron chi connectivity index (χ2n) is 11.6. The number of likely N-dealkylation sites (tertiary alicyclic amines) is 2. The largest absolute Gasteiger partial charge is 0.384 e. The number of nitrogens with zero attached hydrogens (tertiary/aromatic N) is 2. The zero-order chi connectivity index (χ0) is 26.7. The molecule has 2 heterocycles. The summed E-state index contributed by atoms with van der Waals surface area (Å²) in [4.78, 5) is 5.29. The minimum atomic E-state index is 0.430. The van der Waals surface area contributed by atoms with Gasteiger partial charge in [-0.05, 0) is 87.3 Å². The lowest BCUT2D eigenvalue weighted by atomic mass is 9.86. The monoisotopic (exact) mass is 521 g/mol. The molecular weight excluding hydrogens is 474 g/mol. The average molecular weight is 522 g/mol. The first-order valence-corrected chi connectivity index (χ1v) is 15.3. The van der Waals surface area contributed by atoms with Gasteiger partial charge in [0.2, 0.25) is 0 Å². The Balaban J connectivity index is 1.14. The van der Waals surface area contributed by atoms with E-state index in [2.05, 4.69) is 107 Å². The SMILES string of the molecule is C=C(NCCN1CCCCC1)c1ccccc1CC1CCN(CC(C2=CCC=CC=C2)c2ccccc2)CC1. The van der Waals surface area contributed by atoms with Gasteiger partial charge in [-0.15, -0.1) is 0 Å². The van der Waals surface area contributed by atoms with E-state index in [9.17, 15) is 0 Å². The van der Waals surface area contributed by atoms with Gasteiger partial charge in [0.25, 0.3) is 0 Å². The molecule has 1 atom stereocenters. The molecule has 5 rings (SSSR count). The first-order chi connectivity index (χ1) is 19.3. The van der Waals surface area contributed by atoms with Gasteiger partial charge in [-0.25, -0.2) is 0 Å². The molecule has 0 bridgehead atoms. The maximum atomic E-state index is 4.43. The fourth-order valence-electron chi connectivity index (χ4n) is 6.52. The molecule has 39 heavy (non-hydrogen) atoms. The Bertz CT molecular complexity index is 1130. The van der Waals surface area contributed by atoms with E-state index in [1.165, 1.54) is 80.5 Å². The van der Waals surface area contributed by atoms with E-state index in [0.29, 0.717) is 5.92 Å². The zero-order valence-electron chi connectivity index (χ0n) is 23.7. The molecule has 0 spiro atoms. The van der Waals surface area contributed by atoms with Crippen LogP contribution in [0.3, 0.4) is 0 Å². The van der Waals surface area contributed by atoms with Crippen LogP contribution in [0, 0.1) is 5.92 Å². The van der Waals surface area contributed by atoms with Gasteiger partial charge in [0, 0.05) is 36.8 Å². The van der Waals surface area contributed by atoms with Gasteiger partial charge in [0.05, 0.1) is 0 Å². The van der Waals surface area contributed by atoms with Crippen molar-refractivity contribution in [3.8, 4) is 0 Å². The van der Waals surface area contributed by atoms with Gasteiger partial charge in [-0.3, -0.25) is 0 Å². The number of rotatable bonds is 11. The molecule has 1 aliphatic carbocycles. The molecule has 206 valence electrons. The van der Waals surface area contributed by atoms with E-state index in [4.69, 9.17) is 0 Å². The second kappa shape index (κ2) is 14.5. The lowest BCUT2D eigenvalue weighted by molar-refractivity contribution is 0.179. The summed E-state index contributed by atoms with van der Waals surface area (Å²) in [5.41, 5.74) is 6.73. The van der Waals surface area contributed by atoms with Gasteiger partial charge in [0.15, 0.2) is 0 Å². The van der Waals surface area contributed by atoms with Crippen molar-refractivity contribution >= 4 is 5.70 Å². The predicted molar refractivity (Wildman–Crippen MR) is 167 cm³/mol. The quantitative estimate of drug-likeness (QED) is 0.337. The summed E-state index contributed by atoms with van der Waals surface area (Å²) >= 11 is 0. The maximum absolute atomic E-state index is 4.43. The fraction of sp³-hybridized carbons (Fsp3) is 0.444. The first kappa shape index (κ1) is 27.7. The summed E-state index contributed by atoms with van der Waals surface area (Å²) in [5.74, 6) is 1.17. The summed E-state index contributed by atoms with van der Waals surface area (Å²) in [7, 11) is 0. The number of hydrogen-bond donors (Lipinski definition) is 1. The van der Waals surface area contributed by atoms with Gasteiger partial charge in [0.1, 0.15) is 0 Å². The number of nitrogens with one attached hydrogen (secondary N) is 1. The van der Waals surface area contributed by atoms with Crippen LogP contribution in [0.1, 0.15) is 61.1 Å². The zero-order valence-corrected chi connectivity index (χ0v) is 23.7. The van der Waals surface area contributed by atoms with Crippen LogP contribution in [-0.2, 0) is 6.42 Å². The topological polar surface area (TPSA) is 18.5 Å². The van der Waals surface area contributed by atoms with E-state index in [-0.39, 0.29) is 0 Å². The van der Waals surface area contributed by atoms with Gasteiger partial charge < -0.3 is 15.1 Å². The summed E-state index contributed by atoms with van der Waals surface area (Å²) in [6.45, 7) is 12.5. The Morgan fingerprint density at radius 2 is 1.64 bits per heavy atom. The van der Waals surface area contributed by atoms with Crippen LogP contribution >= 0.6 is 0 Å². The van der Waals surface area contributed by atoms with Crippen LogP contribution in [0.5, 0.6) is 0 Å². The molecule has 2 saturated heterocycles. The van der Waals surface area contributed by atoms with Crippen molar-refractivity contribution in [1.82, 2.24) is 15.1 Å². The highest BCUT2D eigenvalue weighted by Gasteiger charge is 2.25. The Kier molecular flexibility index (Phi) is 10.3. The standard InChI is InChI=1S/C36H47N3/c1-30(37-22-27-38-23-12-5-13-24-38)35-19-11-10-18-34(35)28-31-20-25-39(26-21-31)29-36(33-16-8-4-9-17-33)32-14-6-2-3-7-15-32/h2-4,6,8-11,14-19,31,36-37H,1,5,7,12-13,20-29H2. The predicted octanol–water partition coefficient (Wildman–Crippen LogP) is 7.21. The molecule has 3 aliphatic rings. The molecular formula is C36H47N3. The third-order valence-electron chi connectivity index (χ3n) is 8.84. The molecule has 1 unspecified atom stereocenters. The van der Waals surface area contributed by atoms with Crippen molar-refractivity contribution in [1.29, 1.82) is 0 Å². The number of piperidine rings is 2. The highest BCUT2D eigenvalue weighted by molar-refractivity contribution is 5.64. The van der Waals surface area contributed by atoms with Crippen LogP contribution < -0.4 is 5.32 Å². The van der Waals surface area contributed by atoms with Crippen molar-refractivity contribution in [2.75, 3.05) is 45.8 Å². The van der Waals surface area contributed by atoms with E-state index < -0.39 is 0 Å². The van der Waals surface area contributed by atoms with Gasteiger partial charge in [-0.2, -0.15) is 0 Å². The maximum Gasteiger partial charge on any atom is 0.0343 e. The smallest absolute Gasteiger partial charge is 0.0343 e. The molecule has 2 aromatic carbocycles.